The highest BCUT2D eigenvalue weighted by atomic mass is 16.6. The van der Waals surface area contributed by atoms with E-state index < -0.39 is 0 Å². The molecule has 0 aliphatic carbocycles. The van der Waals surface area contributed by atoms with Crippen LogP contribution in [0, 0.1) is 0 Å². The maximum atomic E-state index is 11.1. The van der Waals surface area contributed by atoms with Gasteiger partial charge in [0.05, 0.1) is 31.5 Å². The first-order chi connectivity index (χ1) is 8.96. The summed E-state index contributed by atoms with van der Waals surface area (Å²) in [7, 11) is 0. The van der Waals surface area contributed by atoms with E-state index in [1.165, 1.54) is 0 Å². The van der Waals surface area contributed by atoms with E-state index in [-0.39, 0.29) is 30.9 Å². The maximum absolute atomic E-state index is 11.1. The van der Waals surface area contributed by atoms with Crippen LogP contribution in [0.2, 0.25) is 0 Å². The van der Waals surface area contributed by atoms with Crippen molar-refractivity contribution >= 4 is 5.97 Å². The molecule has 0 aromatic rings. The summed E-state index contributed by atoms with van der Waals surface area (Å²) in [6, 6.07) is 0. The van der Waals surface area contributed by atoms with Crippen molar-refractivity contribution in [2.75, 3.05) is 46.1 Å². The number of carbonyl (C=O) groups excluding carboxylic acids is 1. The van der Waals surface area contributed by atoms with E-state index in [2.05, 4.69) is 4.90 Å². The molecule has 1 saturated heterocycles. The predicted molar refractivity (Wildman–Crippen MR) is 69.9 cm³/mol. The van der Waals surface area contributed by atoms with Crippen LogP contribution >= 0.6 is 0 Å². The van der Waals surface area contributed by atoms with Crippen molar-refractivity contribution in [3.8, 4) is 0 Å². The molecule has 19 heavy (non-hydrogen) atoms. The molecule has 0 bridgehead atoms. The van der Waals surface area contributed by atoms with Gasteiger partial charge in [0.2, 0.25) is 0 Å². The quantitative estimate of drug-likeness (QED) is 0.522. The lowest BCUT2D eigenvalue weighted by Gasteiger charge is -2.42. The number of morpholine rings is 1. The highest BCUT2D eigenvalue weighted by molar-refractivity contribution is 5.70. The largest absolute Gasteiger partial charge is 0.464 e. The number of esters is 1. The third kappa shape index (κ3) is 6.33. The first-order valence-corrected chi connectivity index (χ1v) is 6.71. The number of aliphatic hydroxyl groups is 1. The Labute approximate surface area is 114 Å². The van der Waals surface area contributed by atoms with E-state index in [9.17, 15) is 9.90 Å². The average molecular weight is 275 g/mol. The van der Waals surface area contributed by atoms with Crippen LogP contribution in [0.3, 0.4) is 0 Å². The smallest absolute Gasteiger partial charge is 0.332 e. The highest BCUT2D eigenvalue weighted by Crippen LogP contribution is 2.20. The molecule has 1 N–H and O–H groups in total. The molecule has 1 aliphatic heterocycles. The molecule has 1 atom stereocenters. The highest BCUT2D eigenvalue weighted by Gasteiger charge is 2.32. The van der Waals surface area contributed by atoms with E-state index in [0.717, 1.165) is 6.54 Å². The van der Waals surface area contributed by atoms with Crippen molar-refractivity contribution in [3.05, 3.63) is 0 Å². The molecular formula is C13H25NO5. The molecule has 0 aromatic carbocycles. The van der Waals surface area contributed by atoms with Crippen LogP contribution in [-0.4, -0.2) is 73.7 Å². The fourth-order valence-corrected chi connectivity index (χ4v) is 2.23. The van der Waals surface area contributed by atoms with Crippen LogP contribution in [-0.2, 0) is 19.0 Å². The monoisotopic (exact) mass is 275 g/mol. The summed E-state index contributed by atoms with van der Waals surface area (Å²) in [6.07, 6.45) is -0.159. The standard InChI is InChI=1S/C13H25NO5/c1-4-18-12(16)9-17-6-5-14-7-11(8-15)19-13(2,3)10-14/h11,15H,4-10H2,1-3H3. The summed E-state index contributed by atoms with van der Waals surface area (Å²) in [6.45, 7) is 8.79. The summed E-state index contributed by atoms with van der Waals surface area (Å²) in [4.78, 5) is 13.3. The van der Waals surface area contributed by atoms with Gasteiger partial charge in [-0.15, -0.1) is 0 Å². The fourth-order valence-electron chi connectivity index (χ4n) is 2.23. The van der Waals surface area contributed by atoms with E-state index >= 15 is 0 Å². The Morgan fingerprint density at radius 3 is 2.89 bits per heavy atom. The van der Waals surface area contributed by atoms with Gasteiger partial charge in [0.25, 0.3) is 0 Å². The van der Waals surface area contributed by atoms with Gasteiger partial charge in [-0.1, -0.05) is 0 Å². The maximum Gasteiger partial charge on any atom is 0.332 e. The number of hydrogen-bond donors (Lipinski definition) is 1. The molecule has 0 aromatic heterocycles. The van der Waals surface area contributed by atoms with Gasteiger partial charge < -0.3 is 19.3 Å². The third-order valence-corrected chi connectivity index (χ3v) is 2.83. The van der Waals surface area contributed by atoms with Crippen molar-refractivity contribution in [2.24, 2.45) is 0 Å². The molecule has 6 nitrogen and oxygen atoms in total. The van der Waals surface area contributed by atoms with Crippen LogP contribution in [0.4, 0.5) is 0 Å². The molecule has 1 rings (SSSR count). The Kier molecular flexibility index (Phi) is 6.71. The second-order valence-corrected chi connectivity index (χ2v) is 5.27. The topological polar surface area (TPSA) is 68.2 Å². The number of ether oxygens (including phenoxy) is 3. The van der Waals surface area contributed by atoms with Gasteiger partial charge in [0.1, 0.15) is 6.61 Å². The lowest BCUT2D eigenvalue weighted by Crippen LogP contribution is -2.54. The Bertz CT molecular complexity index is 282. The van der Waals surface area contributed by atoms with Crippen molar-refractivity contribution < 1.29 is 24.1 Å². The van der Waals surface area contributed by atoms with Crippen LogP contribution in [0.5, 0.6) is 0 Å². The number of aliphatic hydroxyl groups excluding tert-OH is 1. The van der Waals surface area contributed by atoms with Gasteiger partial charge in [0, 0.05) is 19.6 Å². The summed E-state index contributed by atoms with van der Waals surface area (Å²) < 4.78 is 15.8. The van der Waals surface area contributed by atoms with E-state index in [0.29, 0.717) is 26.3 Å². The van der Waals surface area contributed by atoms with Crippen molar-refractivity contribution in [3.63, 3.8) is 0 Å². The Hall–Kier alpha value is -0.690. The van der Waals surface area contributed by atoms with Crippen molar-refractivity contribution in [2.45, 2.75) is 32.5 Å². The summed E-state index contributed by atoms with van der Waals surface area (Å²) in [5.41, 5.74) is -0.271. The molecule has 1 unspecified atom stereocenters. The van der Waals surface area contributed by atoms with Crippen molar-refractivity contribution in [1.29, 1.82) is 0 Å². The van der Waals surface area contributed by atoms with E-state index in [1.54, 1.807) is 6.92 Å². The molecule has 0 amide bonds. The minimum atomic E-state index is -0.335. The average Bonchev–Trinajstić information content (AvgIpc) is 2.33. The zero-order valence-corrected chi connectivity index (χ0v) is 12.1. The lowest BCUT2D eigenvalue weighted by atomic mass is 10.1. The molecule has 0 radical (unpaired) electrons. The van der Waals surface area contributed by atoms with Gasteiger partial charge in [-0.25, -0.2) is 4.79 Å². The van der Waals surface area contributed by atoms with Crippen molar-refractivity contribution in [1.82, 2.24) is 4.90 Å². The minimum absolute atomic E-state index is 0.00893. The zero-order chi connectivity index (χ0) is 14.3. The number of rotatable bonds is 7. The lowest BCUT2D eigenvalue weighted by molar-refractivity contribution is -0.155. The summed E-state index contributed by atoms with van der Waals surface area (Å²) in [5, 5.41) is 9.20. The molecule has 1 heterocycles. The van der Waals surface area contributed by atoms with Crippen LogP contribution in [0.25, 0.3) is 0 Å². The Balaban J connectivity index is 2.23. The molecular weight excluding hydrogens is 250 g/mol. The van der Waals surface area contributed by atoms with E-state index in [1.807, 2.05) is 13.8 Å². The first-order valence-electron chi connectivity index (χ1n) is 6.71. The van der Waals surface area contributed by atoms with Gasteiger partial charge in [-0.05, 0) is 20.8 Å². The van der Waals surface area contributed by atoms with Crippen LogP contribution < -0.4 is 0 Å². The minimum Gasteiger partial charge on any atom is -0.464 e. The fraction of sp³-hybridized carbons (Fsp3) is 0.923. The first kappa shape index (κ1) is 16.4. The Morgan fingerprint density at radius 1 is 1.53 bits per heavy atom. The molecule has 0 saturated carbocycles. The summed E-state index contributed by atoms with van der Waals surface area (Å²) in [5.74, 6) is -0.335. The SMILES string of the molecule is CCOC(=O)COCCN1CC(CO)OC(C)(C)C1. The molecule has 1 aliphatic rings. The van der Waals surface area contributed by atoms with Gasteiger partial charge in [0.15, 0.2) is 0 Å². The van der Waals surface area contributed by atoms with Gasteiger partial charge >= 0.3 is 5.97 Å². The second kappa shape index (κ2) is 7.79. The van der Waals surface area contributed by atoms with E-state index in [4.69, 9.17) is 14.2 Å². The predicted octanol–water partition coefficient (Wildman–Crippen LogP) is 0.0378. The van der Waals surface area contributed by atoms with Crippen LogP contribution in [0.15, 0.2) is 0 Å². The second-order valence-electron chi connectivity index (χ2n) is 5.27. The molecule has 1 fully saturated rings. The number of hydrogen-bond acceptors (Lipinski definition) is 6. The number of carbonyl (C=O) groups is 1. The van der Waals surface area contributed by atoms with Gasteiger partial charge in [-0.2, -0.15) is 0 Å². The zero-order valence-electron chi connectivity index (χ0n) is 12.1. The molecule has 0 spiro atoms. The normalized spacial score (nSPS) is 23.3. The van der Waals surface area contributed by atoms with Gasteiger partial charge in [-0.3, -0.25) is 4.90 Å². The number of nitrogens with zero attached hydrogens (tertiary/aromatic N) is 1. The van der Waals surface area contributed by atoms with Crippen LogP contribution in [0.1, 0.15) is 20.8 Å². The molecule has 6 heteroatoms. The third-order valence-electron chi connectivity index (χ3n) is 2.83. The Morgan fingerprint density at radius 2 is 2.26 bits per heavy atom. The summed E-state index contributed by atoms with van der Waals surface area (Å²) >= 11 is 0. The molecule has 112 valence electrons.